The summed E-state index contributed by atoms with van der Waals surface area (Å²) in [5.41, 5.74) is 0.737. The van der Waals surface area contributed by atoms with E-state index in [0.29, 0.717) is 13.1 Å². The van der Waals surface area contributed by atoms with Crippen LogP contribution in [-0.2, 0) is 14.3 Å². The third-order valence-corrected chi connectivity index (χ3v) is 4.87. The molecule has 1 aromatic heterocycles. The van der Waals surface area contributed by atoms with Gasteiger partial charge in [0.2, 0.25) is 0 Å². The number of halogens is 1. The van der Waals surface area contributed by atoms with Crippen LogP contribution in [0, 0.1) is 0 Å². The molecule has 0 spiro atoms. The van der Waals surface area contributed by atoms with Crippen molar-refractivity contribution in [3.05, 3.63) is 30.1 Å². The van der Waals surface area contributed by atoms with Crippen LogP contribution >= 0.6 is 12.4 Å². The van der Waals surface area contributed by atoms with Gasteiger partial charge in [0.05, 0.1) is 6.10 Å². The summed E-state index contributed by atoms with van der Waals surface area (Å²) in [6.07, 6.45) is 4.21. The number of nitrogens with one attached hydrogen (secondary N) is 1. The Morgan fingerprint density at radius 3 is 2.41 bits per heavy atom. The van der Waals surface area contributed by atoms with Gasteiger partial charge in [-0.15, -0.1) is 12.4 Å². The van der Waals surface area contributed by atoms with Crippen molar-refractivity contribution < 1.29 is 19.4 Å². The minimum absolute atomic E-state index is 0. The Morgan fingerprint density at radius 2 is 1.85 bits per heavy atom. The molecule has 2 saturated heterocycles. The smallest absolute Gasteiger partial charge is 0.346 e. The number of carboxylic acid groups (broad SMARTS) is 1. The molecule has 148 valence electrons. The quantitative estimate of drug-likeness (QED) is 0.532. The highest BCUT2D eigenvalue weighted by molar-refractivity contribution is 5.96. The summed E-state index contributed by atoms with van der Waals surface area (Å²) < 4.78 is 6.06. The monoisotopic (exact) mass is 396 g/mol. The van der Waals surface area contributed by atoms with Crippen LogP contribution in [0.4, 0.5) is 5.69 Å². The van der Waals surface area contributed by atoms with E-state index in [1.807, 2.05) is 17.0 Å². The highest BCUT2D eigenvalue weighted by Gasteiger charge is 2.34. The maximum atomic E-state index is 11.5. The van der Waals surface area contributed by atoms with E-state index in [0.717, 1.165) is 44.7 Å². The van der Waals surface area contributed by atoms with Gasteiger partial charge in [0, 0.05) is 44.3 Å². The van der Waals surface area contributed by atoms with E-state index in [1.54, 1.807) is 18.3 Å². The molecule has 0 saturated carbocycles. The van der Waals surface area contributed by atoms with Crippen molar-refractivity contribution in [3.63, 3.8) is 0 Å². The zero-order chi connectivity index (χ0) is 18.4. The summed E-state index contributed by atoms with van der Waals surface area (Å²) in [6, 6.07) is 3.90. The molecule has 2 aliphatic heterocycles. The minimum atomic E-state index is -1.27. The largest absolute Gasteiger partial charge is 0.477 e. The first-order valence-corrected chi connectivity index (χ1v) is 8.92. The normalized spacial score (nSPS) is 19.6. The predicted molar refractivity (Wildman–Crippen MR) is 103 cm³/mol. The van der Waals surface area contributed by atoms with Gasteiger partial charge < -0.3 is 20.1 Å². The molecule has 9 heteroatoms. The van der Waals surface area contributed by atoms with Crippen LogP contribution in [0.5, 0.6) is 0 Å². The first-order chi connectivity index (χ1) is 12.7. The molecule has 0 aromatic carbocycles. The highest BCUT2D eigenvalue weighted by atomic mass is 35.5. The molecule has 3 rings (SSSR count). The molecule has 1 unspecified atom stereocenters. The molecule has 2 N–H and O–H groups in total. The van der Waals surface area contributed by atoms with Crippen LogP contribution in [-0.4, -0.2) is 78.5 Å². The number of piperazine rings is 1. The number of ether oxygens (including phenoxy) is 1. The number of hydrogen-bond acceptors (Lipinski definition) is 7. The van der Waals surface area contributed by atoms with Crippen molar-refractivity contribution in [2.75, 3.05) is 44.2 Å². The third-order valence-electron chi connectivity index (χ3n) is 4.87. The van der Waals surface area contributed by atoms with Gasteiger partial charge in [-0.05, 0) is 38.1 Å². The van der Waals surface area contributed by atoms with Crippen molar-refractivity contribution in [1.29, 1.82) is 0 Å². The van der Waals surface area contributed by atoms with Gasteiger partial charge in [0.25, 0.3) is 0 Å². The molecule has 1 aromatic rings. The standard InChI is InChI=1S/C18H24N4O4.ClH/c23-13-16(18(24)25)17(26-15-3-7-20-8-4-15)22-11-9-21(10-12-22)14-1-5-19-6-2-14;/h1-2,5-6,15,17,20H,3-4,7-12H2,(H,24,25);1H. The zero-order valence-corrected chi connectivity index (χ0v) is 15.9. The second-order valence-electron chi connectivity index (χ2n) is 6.49. The van der Waals surface area contributed by atoms with Crippen LogP contribution in [0.1, 0.15) is 12.8 Å². The van der Waals surface area contributed by atoms with E-state index in [2.05, 4.69) is 15.2 Å². The maximum absolute atomic E-state index is 11.5. The van der Waals surface area contributed by atoms with Crippen molar-refractivity contribution in [3.8, 4) is 0 Å². The summed E-state index contributed by atoms with van der Waals surface area (Å²) in [4.78, 5) is 31.0. The number of carbonyl (C=O) groups excluding carboxylic acids is 1. The van der Waals surface area contributed by atoms with Gasteiger partial charge in [0.15, 0.2) is 11.8 Å². The molecular weight excluding hydrogens is 372 g/mol. The Balaban J connectivity index is 0.00000261. The number of aliphatic carboxylic acids is 1. The molecule has 0 aliphatic carbocycles. The Labute approximate surface area is 164 Å². The van der Waals surface area contributed by atoms with E-state index >= 15 is 0 Å². The van der Waals surface area contributed by atoms with E-state index in [1.165, 1.54) is 0 Å². The van der Waals surface area contributed by atoms with Gasteiger partial charge in [-0.2, -0.15) is 0 Å². The van der Waals surface area contributed by atoms with E-state index in [4.69, 9.17) is 4.74 Å². The number of pyridine rings is 1. The summed E-state index contributed by atoms with van der Waals surface area (Å²) in [5, 5.41) is 12.6. The van der Waals surface area contributed by atoms with Crippen LogP contribution in [0.3, 0.4) is 0 Å². The first kappa shape index (κ1) is 21.3. The second-order valence-corrected chi connectivity index (χ2v) is 6.49. The summed E-state index contributed by atoms with van der Waals surface area (Å²) >= 11 is 0. The lowest BCUT2D eigenvalue weighted by Crippen LogP contribution is -2.53. The minimum Gasteiger partial charge on any atom is -0.477 e. The molecule has 27 heavy (non-hydrogen) atoms. The molecular formula is C18H25ClN4O4. The molecule has 3 heterocycles. The van der Waals surface area contributed by atoms with Crippen molar-refractivity contribution in [1.82, 2.24) is 15.2 Å². The summed E-state index contributed by atoms with van der Waals surface area (Å²) in [5.74, 6) is 0.326. The fraction of sp³-hybridized carbons (Fsp3) is 0.556. The molecule has 0 bridgehead atoms. The number of hydrogen-bond donors (Lipinski definition) is 2. The number of carbonyl (C=O) groups is 1. The Morgan fingerprint density at radius 1 is 1.22 bits per heavy atom. The van der Waals surface area contributed by atoms with E-state index in [9.17, 15) is 14.7 Å². The van der Waals surface area contributed by atoms with Crippen LogP contribution in [0.2, 0.25) is 0 Å². The number of piperidine rings is 1. The average molecular weight is 397 g/mol. The summed E-state index contributed by atoms with van der Waals surface area (Å²) in [7, 11) is 0. The molecule has 2 fully saturated rings. The molecule has 0 radical (unpaired) electrons. The fourth-order valence-electron chi connectivity index (χ4n) is 3.42. The van der Waals surface area contributed by atoms with E-state index < -0.39 is 12.2 Å². The first-order valence-electron chi connectivity index (χ1n) is 8.92. The summed E-state index contributed by atoms with van der Waals surface area (Å²) in [6.45, 7) is 4.33. The lowest BCUT2D eigenvalue weighted by molar-refractivity contribution is -0.139. The number of rotatable bonds is 6. The lowest BCUT2D eigenvalue weighted by Gasteiger charge is -2.41. The Hall–Kier alpha value is -1.96. The highest BCUT2D eigenvalue weighted by Crippen LogP contribution is 2.21. The van der Waals surface area contributed by atoms with Crippen LogP contribution in [0.15, 0.2) is 30.1 Å². The number of nitrogens with zero attached hydrogens (tertiary/aromatic N) is 3. The maximum Gasteiger partial charge on any atom is 0.346 e. The lowest BCUT2D eigenvalue weighted by atomic mass is 10.1. The van der Waals surface area contributed by atoms with Crippen molar-refractivity contribution >= 4 is 30.0 Å². The van der Waals surface area contributed by atoms with Gasteiger partial charge >= 0.3 is 5.97 Å². The average Bonchev–Trinajstić information content (AvgIpc) is 2.69. The second kappa shape index (κ2) is 10.4. The van der Waals surface area contributed by atoms with Gasteiger partial charge in [0.1, 0.15) is 5.94 Å². The number of anilines is 1. The Bertz CT molecular complexity index is 655. The number of aromatic nitrogens is 1. The molecule has 0 amide bonds. The van der Waals surface area contributed by atoms with Gasteiger partial charge in [-0.25, -0.2) is 9.59 Å². The molecule has 1 atom stereocenters. The van der Waals surface area contributed by atoms with Gasteiger partial charge in [-0.1, -0.05) is 0 Å². The Kier molecular flexibility index (Phi) is 8.22. The zero-order valence-electron chi connectivity index (χ0n) is 15.0. The fourth-order valence-corrected chi connectivity index (χ4v) is 3.42. The van der Waals surface area contributed by atoms with Crippen LogP contribution < -0.4 is 10.2 Å². The van der Waals surface area contributed by atoms with Crippen molar-refractivity contribution in [2.45, 2.75) is 25.2 Å². The van der Waals surface area contributed by atoms with E-state index in [-0.39, 0.29) is 24.1 Å². The van der Waals surface area contributed by atoms with Crippen molar-refractivity contribution in [2.24, 2.45) is 0 Å². The number of carboxylic acids is 1. The molecule has 2 aliphatic rings. The topological polar surface area (TPSA) is 95.0 Å². The van der Waals surface area contributed by atoms with Crippen LogP contribution in [0.25, 0.3) is 0 Å². The third kappa shape index (κ3) is 5.51. The SMILES string of the molecule is Cl.O=C=C(C(=O)O)C(OC1CCNCC1)N1CCN(c2ccncc2)CC1. The molecule has 8 nitrogen and oxygen atoms in total. The van der Waals surface area contributed by atoms with Gasteiger partial charge in [-0.3, -0.25) is 9.88 Å². The predicted octanol–water partition coefficient (Wildman–Crippen LogP) is 0.563.